The summed E-state index contributed by atoms with van der Waals surface area (Å²) in [4.78, 5) is 34.4. The number of para-hydroxylation sites is 1. The molecule has 2 saturated heterocycles. The van der Waals surface area contributed by atoms with E-state index in [1.54, 1.807) is 43.5 Å². The molecule has 2 amide bonds. The number of methoxy groups -OCH3 is 2. The maximum absolute atomic E-state index is 13.6. The van der Waals surface area contributed by atoms with Crippen molar-refractivity contribution in [1.29, 1.82) is 0 Å². The second-order valence-electron chi connectivity index (χ2n) is 7.65. The Labute approximate surface area is 185 Å². The minimum atomic E-state index is -0.926. The van der Waals surface area contributed by atoms with E-state index >= 15 is 0 Å². The van der Waals surface area contributed by atoms with Gasteiger partial charge < -0.3 is 9.47 Å². The first-order chi connectivity index (χ1) is 15.6. The summed E-state index contributed by atoms with van der Waals surface area (Å²) >= 11 is 0. The highest BCUT2D eigenvalue weighted by atomic mass is 16.7. The number of hydrogen-bond donors (Lipinski definition) is 0. The van der Waals surface area contributed by atoms with Crippen LogP contribution in [0.1, 0.15) is 11.6 Å². The van der Waals surface area contributed by atoms with Crippen molar-refractivity contribution < 1.29 is 23.9 Å². The van der Waals surface area contributed by atoms with E-state index in [0.29, 0.717) is 17.2 Å². The van der Waals surface area contributed by atoms with E-state index in [-0.39, 0.29) is 11.8 Å². The Morgan fingerprint density at radius 2 is 1.41 bits per heavy atom. The van der Waals surface area contributed by atoms with Gasteiger partial charge in [0.1, 0.15) is 17.4 Å². The van der Waals surface area contributed by atoms with E-state index in [1.807, 2.05) is 54.6 Å². The van der Waals surface area contributed by atoms with Crippen LogP contribution in [-0.2, 0) is 14.4 Å². The molecule has 0 radical (unpaired) electrons. The number of carbonyl (C=O) groups excluding carboxylic acids is 2. The number of rotatable bonds is 5. The molecule has 3 aromatic carbocycles. The van der Waals surface area contributed by atoms with Gasteiger partial charge in [-0.3, -0.25) is 14.4 Å². The monoisotopic (exact) mass is 430 g/mol. The van der Waals surface area contributed by atoms with Gasteiger partial charge in [-0.15, -0.1) is 0 Å². The molecule has 32 heavy (non-hydrogen) atoms. The fourth-order valence-corrected chi connectivity index (χ4v) is 4.38. The molecule has 0 bridgehead atoms. The number of ether oxygens (including phenoxy) is 2. The average Bonchev–Trinajstić information content (AvgIpc) is 3.35. The molecule has 2 heterocycles. The van der Waals surface area contributed by atoms with Crippen molar-refractivity contribution in [2.75, 3.05) is 24.2 Å². The Balaban J connectivity index is 1.59. The first-order valence-electron chi connectivity index (χ1n) is 10.3. The molecular formula is C25H22N2O5. The van der Waals surface area contributed by atoms with Gasteiger partial charge in [-0.2, -0.15) is 0 Å². The molecule has 3 aromatic rings. The number of imide groups is 1. The topological polar surface area (TPSA) is 68.3 Å². The van der Waals surface area contributed by atoms with Gasteiger partial charge in [0.05, 0.1) is 31.6 Å². The summed E-state index contributed by atoms with van der Waals surface area (Å²) in [6.07, 6.45) is -0.926. The highest BCUT2D eigenvalue weighted by Crippen LogP contribution is 2.48. The summed E-state index contributed by atoms with van der Waals surface area (Å²) in [5.74, 6) is -0.170. The number of nitrogens with zero attached hydrogens (tertiary/aromatic N) is 2. The van der Waals surface area contributed by atoms with E-state index in [2.05, 4.69) is 0 Å². The van der Waals surface area contributed by atoms with Crippen molar-refractivity contribution in [3.8, 4) is 11.5 Å². The predicted molar refractivity (Wildman–Crippen MR) is 119 cm³/mol. The maximum atomic E-state index is 13.6. The van der Waals surface area contributed by atoms with E-state index in [9.17, 15) is 9.59 Å². The molecule has 162 valence electrons. The lowest BCUT2D eigenvalue weighted by Crippen LogP contribution is -2.37. The maximum Gasteiger partial charge on any atom is 0.266 e. The molecular weight excluding hydrogens is 408 g/mol. The van der Waals surface area contributed by atoms with Gasteiger partial charge in [0, 0.05) is 6.07 Å². The summed E-state index contributed by atoms with van der Waals surface area (Å²) in [5, 5.41) is 1.67. The number of hydroxylamine groups is 1. The fraction of sp³-hybridized carbons (Fsp3) is 0.200. The zero-order valence-corrected chi connectivity index (χ0v) is 17.7. The van der Waals surface area contributed by atoms with Gasteiger partial charge in [0.25, 0.3) is 5.91 Å². The van der Waals surface area contributed by atoms with Crippen LogP contribution in [0.25, 0.3) is 0 Å². The lowest BCUT2D eigenvalue weighted by molar-refractivity contribution is -0.126. The first kappa shape index (κ1) is 20.1. The van der Waals surface area contributed by atoms with E-state index < -0.39 is 18.1 Å². The predicted octanol–water partition coefficient (Wildman–Crippen LogP) is 3.75. The normalized spacial score (nSPS) is 22.2. The van der Waals surface area contributed by atoms with Crippen LogP contribution in [0.15, 0.2) is 78.9 Å². The number of hydrogen-bond acceptors (Lipinski definition) is 6. The molecule has 0 N–H and O–H groups in total. The van der Waals surface area contributed by atoms with Crippen molar-refractivity contribution in [2.24, 2.45) is 5.92 Å². The van der Waals surface area contributed by atoms with Crippen LogP contribution in [0.5, 0.6) is 11.5 Å². The van der Waals surface area contributed by atoms with Crippen LogP contribution < -0.4 is 19.4 Å². The van der Waals surface area contributed by atoms with Crippen LogP contribution in [0.4, 0.5) is 11.4 Å². The molecule has 5 rings (SSSR count). The van der Waals surface area contributed by atoms with Crippen LogP contribution in [0.3, 0.4) is 0 Å². The van der Waals surface area contributed by atoms with Gasteiger partial charge in [-0.25, -0.2) is 9.96 Å². The molecule has 7 heteroatoms. The van der Waals surface area contributed by atoms with Crippen LogP contribution in [0.2, 0.25) is 0 Å². The van der Waals surface area contributed by atoms with Crippen molar-refractivity contribution in [3.05, 3.63) is 84.4 Å². The molecule has 0 saturated carbocycles. The zero-order valence-electron chi connectivity index (χ0n) is 17.7. The third-order valence-electron chi connectivity index (χ3n) is 5.87. The van der Waals surface area contributed by atoms with Gasteiger partial charge in [-0.1, -0.05) is 36.4 Å². The van der Waals surface area contributed by atoms with E-state index in [1.165, 1.54) is 4.90 Å². The third-order valence-corrected chi connectivity index (χ3v) is 5.87. The first-order valence-corrected chi connectivity index (χ1v) is 10.3. The summed E-state index contributed by atoms with van der Waals surface area (Å²) < 4.78 is 10.7. The highest BCUT2D eigenvalue weighted by molar-refractivity contribution is 6.24. The summed E-state index contributed by atoms with van der Waals surface area (Å²) in [6.45, 7) is 0. The number of benzene rings is 3. The van der Waals surface area contributed by atoms with Crippen molar-refractivity contribution >= 4 is 23.2 Å². The van der Waals surface area contributed by atoms with Crippen LogP contribution in [-0.4, -0.2) is 32.1 Å². The van der Waals surface area contributed by atoms with Crippen molar-refractivity contribution in [1.82, 2.24) is 0 Å². The standard InChI is InChI=1S/C25H22N2O5/c1-30-19-12-6-8-16(14-19)22-21-23(32-27(22)17-9-4-3-5-10-17)25(29)26(24(21)28)18-11-7-13-20(15-18)31-2/h3-15,21-23H,1-2H3/t21-,22-,23-/m1/s1. The number of fused-ring (bicyclic) bond motifs is 1. The summed E-state index contributed by atoms with van der Waals surface area (Å²) in [7, 11) is 3.14. The molecule has 0 aliphatic carbocycles. The molecule has 0 spiro atoms. The van der Waals surface area contributed by atoms with Crippen molar-refractivity contribution in [3.63, 3.8) is 0 Å². The van der Waals surface area contributed by atoms with Gasteiger partial charge in [0.2, 0.25) is 5.91 Å². The minimum absolute atomic E-state index is 0.306. The smallest absolute Gasteiger partial charge is 0.266 e. The Morgan fingerprint density at radius 3 is 2.12 bits per heavy atom. The Hall–Kier alpha value is -3.84. The number of amides is 2. The Morgan fingerprint density at radius 1 is 0.750 bits per heavy atom. The molecule has 2 fully saturated rings. The minimum Gasteiger partial charge on any atom is -0.497 e. The third kappa shape index (κ3) is 3.18. The second-order valence-corrected chi connectivity index (χ2v) is 7.65. The second kappa shape index (κ2) is 8.01. The Kier molecular flexibility index (Phi) is 5.03. The molecule has 0 aromatic heterocycles. The van der Waals surface area contributed by atoms with E-state index in [0.717, 1.165) is 11.3 Å². The average molecular weight is 430 g/mol. The SMILES string of the molecule is COc1cccc([C@@H]2[C@H]3C(=O)N(c4cccc(OC)c4)C(=O)[C@@H]3ON2c2ccccc2)c1. The van der Waals surface area contributed by atoms with E-state index in [4.69, 9.17) is 14.3 Å². The molecule has 7 nitrogen and oxygen atoms in total. The van der Waals surface area contributed by atoms with Crippen LogP contribution >= 0.6 is 0 Å². The van der Waals surface area contributed by atoms with Gasteiger partial charge in [0.15, 0.2) is 6.10 Å². The largest absolute Gasteiger partial charge is 0.497 e. The molecule has 2 aliphatic rings. The molecule has 0 unspecified atom stereocenters. The summed E-state index contributed by atoms with van der Waals surface area (Å²) in [5.41, 5.74) is 2.06. The number of anilines is 2. The zero-order chi connectivity index (χ0) is 22.2. The molecule has 2 aliphatic heterocycles. The quantitative estimate of drug-likeness (QED) is 0.575. The summed E-state index contributed by atoms with van der Waals surface area (Å²) in [6, 6.07) is 23.4. The van der Waals surface area contributed by atoms with Crippen LogP contribution in [0, 0.1) is 5.92 Å². The highest BCUT2D eigenvalue weighted by Gasteiger charge is 2.60. The fourth-order valence-electron chi connectivity index (χ4n) is 4.38. The van der Waals surface area contributed by atoms with Crippen molar-refractivity contribution in [2.45, 2.75) is 12.1 Å². The molecule has 3 atom stereocenters. The lowest BCUT2D eigenvalue weighted by atomic mass is 9.90. The van der Waals surface area contributed by atoms with Gasteiger partial charge in [-0.05, 0) is 42.0 Å². The van der Waals surface area contributed by atoms with Gasteiger partial charge >= 0.3 is 0 Å². The Bertz CT molecular complexity index is 1170. The number of carbonyl (C=O) groups is 2. The lowest BCUT2D eigenvalue weighted by Gasteiger charge is -2.29.